The average molecular weight is 181 g/mol. The molecule has 0 bridgehead atoms. The van der Waals surface area contributed by atoms with E-state index in [2.05, 4.69) is 16.1 Å². The van der Waals surface area contributed by atoms with Crippen LogP contribution in [-0.4, -0.2) is 14.8 Å². The molecule has 13 heavy (non-hydrogen) atoms. The molecule has 70 valence electrons. The van der Waals surface area contributed by atoms with E-state index in [9.17, 15) is 9.59 Å². The first-order valence-corrected chi connectivity index (χ1v) is 4.06. The van der Waals surface area contributed by atoms with Gasteiger partial charge in [-0.15, -0.1) is 12.3 Å². The summed E-state index contributed by atoms with van der Waals surface area (Å²) in [4.78, 5) is 21.9. The van der Waals surface area contributed by atoms with Gasteiger partial charge in [-0.3, -0.25) is 0 Å². The topological polar surface area (TPSA) is 70.7 Å². The zero-order chi connectivity index (χ0) is 9.68. The molecule has 0 radical (unpaired) electrons. The number of nitrogens with zero attached hydrogens (tertiary/aromatic N) is 1. The van der Waals surface area contributed by atoms with Crippen molar-refractivity contribution in [3.05, 3.63) is 21.0 Å². The molecule has 0 atom stereocenters. The van der Waals surface area contributed by atoms with E-state index in [0.717, 1.165) is 17.4 Å². The lowest BCUT2D eigenvalue weighted by Crippen LogP contribution is -2.26. The zero-order valence-corrected chi connectivity index (χ0v) is 7.17. The zero-order valence-electron chi connectivity index (χ0n) is 7.17. The maximum absolute atomic E-state index is 10.9. The van der Waals surface area contributed by atoms with Gasteiger partial charge in [0, 0.05) is 13.0 Å². The molecule has 1 heterocycles. The van der Waals surface area contributed by atoms with Crippen molar-refractivity contribution in [2.75, 3.05) is 0 Å². The molecule has 5 nitrogen and oxygen atoms in total. The molecule has 0 aromatic carbocycles. The van der Waals surface area contributed by atoms with E-state index in [1.54, 1.807) is 0 Å². The van der Waals surface area contributed by atoms with Gasteiger partial charge in [0.15, 0.2) is 0 Å². The van der Waals surface area contributed by atoms with Crippen LogP contribution in [0.1, 0.15) is 19.3 Å². The van der Waals surface area contributed by atoms with Crippen molar-refractivity contribution in [1.29, 1.82) is 0 Å². The van der Waals surface area contributed by atoms with Gasteiger partial charge in [0.1, 0.15) is 0 Å². The second kappa shape index (κ2) is 4.36. The van der Waals surface area contributed by atoms with Crippen molar-refractivity contribution in [2.45, 2.75) is 25.8 Å². The molecule has 0 unspecified atom stereocenters. The highest BCUT2D eigenvalue weighted by atomic mass is 16.2. The van der Waals surface area contributed by atoms with Crippen LogP contribution in [-0.2, 0) is 6.54 Å². The number of aromatic amines is 2. The van der Waals surface area contributed by atoms with Gasteiger partial charge in [-0.05, 0) is 12.8 Å². The van der Waals surface area contributed by atoms with Crippen molar-refractivity contribution in [2.24, 2.45) is 0 Å². The summed E-state index contributed by atoms with van der Waals surface area (Å²) in [6.45, 7) is 0.416. The van der Waals surface area contributed by atoms with E-state index in [-0.39, 0.29) is 0 Å². The van der Waals surface area contributed by atoms with Gasteiger partial charge >= 0.3 is 11.4 Å². The largest absolute Gasteiger partial charge is 0.344 e. The summed E-state index contributed by atoms with van der Waals surface area (Å²) >= 11 is 0. The highest BCUT2D eigenvalue weighted by Crippen LogP contribution is 1.93. The second-order valence-electron chi connectivity index (χ2n) is 2.67. The predicted molar refractivity (Wildman–Crippen MR) is 48.4 cm³/mol. The van der Waals surface area contributed by atoms with E-state index in [1.165, 1.54) is 0 Å². The second-order valence-corrected chi connectivity index (χ2v) is 2.67. The molecule has 0 aliphatic heterocycles. The van der Waals surface area contributed by atoms with Gasteiger partial charge in [0.2, 0.25) is 0 Å². The first-order valence-electron chi connectivity index (χ1n) is 4.06. The molecular weight excluding hydrogens is 170 g/mol. The molecule has 2 N–H and O–H groups in total. The normalized spacial score (nSPS) is 9.77. The Bertz CT molecular complexity index is 377. The molecule has 1 aromatic rings. The number of H-pyrrole nitrogens is 2. The summed E-state index contributed by atoms with van der Waals surface area (Å²) in [6, 6.07) is 0. The fourth-order valence-electron chi connectivity index (χ4n) is 1.03. The highest BCUT2D eigenvalue weighted by molar-refractivity contribution is 4.82. The van der Waals surface area contributed by atoms with Crippen molar-refractivity contribution in [1.82, 2.24) is 14.8 Å². The van der Waals surface area contributed by atoms with Crippen LogP contribution in [0.15, 0.2) is 9.59 Å². The van der Waals surface area contributed by atoms with Crippen LogP contribution >= 0.6 is 0 Å². The third-order valence-corrected chi connectivity index (χ3v) is 1.72. The van der Waals surface area contributed by atoms with Crippen LogP contribution in [0.2, 0.25) is 0 Å². The molecule has 1 rings (SSSR count). The number of nitrogens with one attached hydrogen (secondary N) is 2. The lowest BCUT2D eigenvalue weighted by atomic mass is 10.2. The number of hydrogen-bond acceptors (Lipinski definition) is 2. The number of aromatic nitrogens is 3. The van der Waals surface area contributed by atoms with Gasteiger partial charge in [-0.2, -0.15) is 0 Å². The third-order valence-electron chi connectivity index (χ3n) is 1.72. The highest BCUT2D eigenvalue weighted by Gasteiger charge is 2.00. The van der Waals surface area contributed by atoms with Gasteiger partial charge in [0.05, 0.1) is 0 Å². The summed E-state index contributed by atoms with van der Waals surface area (Å²) in [5.74, 6) is 2.50. The SMILES string of the molecule is C#CCCCCn1c(=O)[nH][nH]c1=O. The summed E-state index contributed by atoms with van der Waals surface area (Å²) in [6.07, 6.45) is 7.30. The molecular formula is C8H11N3O2. The van der Waals surface area contributed by atoms with Crippen LogP contribution in [0.25, 0.3) is 0 Å². The number of unbranched alkanes of at least 4 members (excludes halogenated alkanes) is 2. The molecule has 0 aliphatic carbocycles. The van der Waals surface area contributed by atoms with E-state index >= 15 is 0 Å². The molecule has 0 saturated heterocycles. The summed E-state index contributed by atoms with van der Waals surface area (Å²) in [7, 11) is 0. The summed E-state index contributed by atoms with van der Waals surface area (Å²) < 4.78 is 1.12. The Balaban J connectivity index is 2.51. The van der Waals surface area contributed by atoms with E-state index in [4.69, 9.17) is 6.42 Å². The van der Waals surface area contributed by atoms with E-state index in [0.29, 0.717) is 13.0 Å². The molecule has 0 amide bonds. The minimum atomic E-state index is -0.397. The maximum Gasteiger partial charge on any atom is 0.344 e. The number of terminal acetylenes is 1. The third kappa shape index (κ3) is 2.37. The van der Waals surface area contributed by atoms with Crippen LogP contribution in [0, 0.1) is 12.3 Å². The molecule has 5 heteroatoms. The van der Waals surface area contributed by atoms with Gasteiger partial charge in [-0.25, -0.2) is 24.4 Å². The Kier molecular flexibility index (Phi) is 3.15. The smallest absolute Gasteiger partial charge is 0.247 e. The van der Waals surface area contributed by atoms with Crippen LogP contribution in [0.3, 0.4) is 0 Å². The molecule has 0 spiro atoms. The molecule has 0 aliphatic rings. The van der Waals surface area contributed by atoms with E-state index < -0.39 is 11.4 Å². The Morgan fingerprint density at radius 1 is 1.23 bits per heavy atom. The minimum absolute atomic E-state index is 0.397. The van der Waals surface area contributed by atoms with Crippen LogP contribution < -0.4 is 11.4 Å². The van der Waals surface area contributed by atoms with Crippen molar-refractivity contribution in [3.8, 4) is 12.3 Å². The lowest BCUT2D eigenvalue weighted by molar-refractivity contribution is 0.587. The van der Waals surface area contributed by atoms with Crippen molar-refractivity contribution >= 4 is 0 Å². The van der Waals surface area contributed by atoms with E-state index in [1.807, 2.05) is 0 Å². The maximum atomic E-state index is 10.9. The quantitative estimate of drug-likeness (QED) is 0.493. The average Bonchev–Trinajstić information content (AvgIpc) is 2.42. The lowest BCUT2D eigenvalue weighted by Gasteiger charge is -1.95. The monoisotopic (exact) mass is 181 g/mol. The Labute approximate surface area is 74.8 Å². The number of hydrogen-bond donors (Lipinski definition) is 2. The number of rotatable bonds is 4. The first-order chi connectivity index (χ1) is 6.25. The summed E-state index contributed by atoms with van der Waals surface area (Å²) in [5, 5.41) is 4.41. The summed E-state index contributed by atoms with van der Waals surface area (Å²) in [5.41, 5.74) is -0.795. The molecule has 0 saturated carbocycles. The predicted octanol–water partition coefficient (Wildman–Crippen LogP) is -0.332. The van der Waals surface area contributed by atoms with Gasteiger partial charge in [-0.1, -0.05) is 0 Å². The Morgan fingerprint density at radius 3 is 2.38 bits per heavy atom. The minimum Gasteiger partial charge on any atom is -0.247 e. The molecule has 1 aromatic heterocycles. The van der Waals surface area contributed by atoms with Gasteiger partial charge < -0.3 is 0 Å². The Hall–Kier alpha value is -1.70. The van der Waals surface area contributed by atoms with Gasteiger partial charge in [0.25, 0.3) is 0 Å². The Morgan fingerprint density at radius 2 is 1.85 bits per heavy atom. The fourth-order valence-corrected chi connectivity index (χ4v) is 1.03. The molecule has 0 fully saturated rings. The van der Waals surface area contributed by atoms with Crippen molar-refractivity contribution < 1.29 is 0 Å². The van der Waals surface area contributed by atoms with Crippen LogP contribution in [0.5, 0.6) is 0 Å². The fraction of sp³-hybridized carbons (Fsp3) is 0.500. The first kappa shape index (κ1) is 9.39. The standard InChI is InChI=1S/C8H11N3O2/c1-2-3-4-5-6-11-7(12)9-10-8(11)13/h1H,3-6H2,(H,9,12)(H,10,13). The van der Waals surface area contributed by atoms with Crippen LogP contribution in [0.4, 0.5) is 0 Å². The van der Waals surface area contributed by atoms with Crippen molar-refractivity contribution in [3.63, 3.8) is 0 Å².